The Balaban J connectivity index is 1.37. The van der Waals surface area contributed by atoms with E-state index in [-0.39, 0.29) is 11.3 Å². The molecule has 0 aliphatic carbocycles. The van der Waals surface area contributed by atoms with Crippen molar-refractivity contribution in [3.05, 3.63) is 53.2 Å². The van der Waals surface area contributed by atoms with Gasteiger partial charge in [-0.2, -0.15) is 0 Å². The molecule has 0 N–H and O–H groups in total. The monoisotopic (exact) mass is 354 g/mol. The van der Waals surface area contributed by atoms with E-state index in [4.69, 9.17) is 20.8 Å². The Labute approximate surface area is 149 Å². The van der Waals surface area contributed by atoms with Crippen molar-refractivity contribution in [2.45, 2.75) is 0 Å². The Bertz CT molecular complexity index is 968. The van der Waals surface area contributed by atoms with Crippen LogP contribution in [0.2, 0.25) is 5.02 Å². The predicted octanol–water partition coefficient (Wildman–Crippen LogP) is 3.62. The minimum atomic E-state index is 0.0680. The highest BCUT2D eigenvalue weighted by Gasteiger charge is 2.50. The fourth-order valence-electron chi connectivity index (χ4n) is 3.49. The highest BCUT2D eigenvalue weighted by molar-refractivity contribution is 6.34. The van der Waals surface area contributed by atoms with Crippen LogP contribution in [-0.4, -0.2) is 42.1 Å². The van der Waals surface area contributed by atoms with E-state index in [0.29, 0.717) is 21.9 Å². The molecule has 126 valence electrons. The number of ether oxygens (including phenoxy) is 1. The summed E-state index contributed by atoms with van der Waals surface area (Å²) in [5.41, 5.74) is 3.10. The zero-order chi connectivity index (χ0) is 17.0. The number of halogens is 1. The molecule has 2 fully saturated rings. The molecular formula is C19H15ClN2O3. The van der Waals surface area contributed by atoms with E-state index < -0.39 is 0 Å². The number of nitrogens with zero attached hydrogens (tertiary/aromatic N) is 2. The number of hydrogen-bond donors (Lipinski definition) is 0. The Morgan fingerprint density at radius 1 is 1.16 bits per heavy atom. The normalized spacial score (nSPS) is 18.2. The molecule has 5 nitrogen and oxygen atoms in total. The van der Waals surface area contributed by atoms with Crippen LogP contribution >= 0.6 is 11.6 Å². The zero-order valence-electron chi connectivity index (χ0n) is 13.4. The van der Waals surface area contributed by atoms with Crippen molar-refractivity contribution in [2.75, 3.05) is 26.3 Å². The summed E-state index contributed by atoms with van der Waals surface area (Å²) in [6, 6.07) is 11.0. The van der Waals surface area contributed by atoms with Crippen molar-refractivity contribution < 1.29 is 13.9 Å². The lowest BCUT2D eigenvalue weighted by Crippen LogP contribution is -2.67. The number of furan rings is 1. The van der Waals surface area contributed by atoms with Crippen LogP contribution in [0.3, 0.4) is 0 Å². The van der Waals surface area contributed by atoms with Crippen LogP contribution in [0.25, 0.3) is 22.4 Å². The van der Waals surface area contributed by atoms with Gasteiger partial charge in [0.05, 0.1) is 23.7 Å². The van der Waals surface area contributed by atoms with E-state index in [9.17, 15) is 4.79 Å². The van der Waals surface area contributed by atoms with Gasteiger partial charge >= 0.3 is 0 Å². The molecule has 0 radical (unpaired) electrons. The number of carbonyl (C=O) groups excluding carboxylic acids is 1. The molecular weight excluding hydrogens is 340 g/mol. The summed E-state index contributed by atoms with van der Waals surface area (Å²) >= 11 is 6.13. The van der Waals surface area contributed by atoms with Crippen LogP contribution in [0.4, 0.5) is 0 Å². The van der Waals surface area contributed by atoms with Gasteiger partial charge in [0.25, 0.3) is 5.91 Å². The summed E-state index contributed by atoms with van der Waals surface area (Å²) in [6.45, 7) is 3.14. The number of likely N-dealkylation sites (tertiary alicyclic amines) is 1. The van der Waals surface area contributed by atoms with E-state index in [1.807, 2.05) is 35.2 Å². The number of pyridine rings is 1. The van der Waals surface area contributed by atoms with E-state index in [1.165, 1.54) is 0 Å². The number of benzene rings is 1. The summed E-state index contributed by atoms with van der Waals surface area (Å²) in [4.78, 5) is 18.7. The summed E-state index contributed by atoms with van der Waals surface area (Å²) in [5.74, 6) is 0.752. The van der Waals surface area contributed by atoms with Crippen molar-refractivity contribution in [1.29, 1.82) is 0 Å². The highest BCUT2D eigenvalue weighted by atomic mass is 35.5. The van der Waals surface area contributed by atoms with Gasteiger partial charge in [0.15, 0.2) is 5.58 Å². The van der Waals surface area contributed by atoms with Crippen LogP contribution in [0, 0.1) is 5.41 Å². The first-order valence-electron chi connectivity index (χ1n) is 8.15. The maximum absolute atomic E-state index is 12.5. The van der Waals surface area contributed by atoms with Crippen LogP contribution in [0.1, 0.15) is 10.4 Å². The predicted molar refractivity (Wildman–Crippen MR) is 93.6 cm³/mol. The lowest BCUT2D eigenvalue weighted by molar-refractivity contribution is -0.176. The van der Waals surface area contributed by atoms with Crippen LogP contribution < -0.4 is 0 Å². The molecule has 0 unspecified atom stereocenters. The third-order valence-electron chi connectivity index (χ3n) is 4.94. The molecule has 25 heavy (non-hydrogen) atoms. The number of rotatable bonds is 2. The van der Waals surface area contributed by atoms with Crippen molar-refractivity contribution in [1.82, 2.24) is 9.88 Å². The average Bonchev–Trinajstić information content (AvgIpc) is 2.98. The largest absolute Gasteiger partial charge is 0.453 e. The molecule has 6 heteroatoms. The van der Waals surface area contributed by atoms with Crippen molar-refractivity contribution in [2.24, 2.45) is 5.41 Å². The summed E-state index contributed by atoms with van der Waals surface area (Å²) in [7, 11) is 0. The first kappa shape index (κ1) is 14.9. The average molecular weight is 355 g/mol. The topological polar surface area (TPSA) is 55.6 Å². The Morgan fingerprint density at radius 2 is 1.92 bits per heavy atom. The molecule has 1 spiro atoms. The maximum Gasteiger partial charge on any atom is 0.253 e. The van der Waals surface area contributed by atoms with E-state index in [1.54, 1.807) is 12.3 Å². The third kappa shape index (κ3) is 2.34. The number of aromatic nitrogens is 1. The second kappa shape index (κ2) is 5.31. The molecule has 5 rings (SSSR count). The van der Waals surface area contributed by atoms with Gasteiger partial charge in [0, 0.05) is 36.5 Å². The van der Waals surface area contributed by atoms with Crippen LogP contribution in [-0.2, 0) is 4.74 Å². The summed E-state index contributed by atoms with van der Waals surface area (Å²) in [5, 5.41) is 0.537. The molecule has 3 aromatic rings. The standard InChI is InChI=1S/C19H15ClN2O3/c20-14-5-6-21-15-7-16(25-17(14)15)12-1-3-13(4-2-12)18(23)22-8-19(9-22)10-24-11-19/h1-7H,8-11H2. The number of fused-ring (bicyclic) bond motifs is 1. The lowest BCUT2D eigenvalue weighted by atomic mass is 9.78. The Morgan fingerprint density at radius 3 is 2.56 bits per heavy atom. The molecule has 2 saturated heterocycles. The fourth-order valence-corrected chi connectivity index (χ4v) is 3.68. The second-order valence-corrected chi connectivity index (χ2v) is 7.26. The van der Waals surface area contributed by atoms with Gasteiger partial charge in [-0.15, -0.1) is 0 Å². The third-order valence-corrected chi connectivity index (χ3v) is 5.23. The Hall–Kier alpha value is -2.37. The molecule has 2 aromatic heterocycles. The van der Waals surface area contributed by atoms with E-state index in [2.05, 4.69) is 4.98 Å². The molecule has 1 aromatic carbocycles. The van der Waals surface area contributed by atoms with Crippen LogP contribution in [0.5, 0.6) is 0 Å². The quantitative estimate of drug-likeness (QED) is 0.705. The van der Waals surface area contributed by atoms with Gasteiger partial charge in [-0.1, -0.05) is 23.7 Å². The molecule has 0 bridgehead atoms. The molecule has 0 atom stereocenters. The van der Waals surface area contributed by atoms with E-state index >= 15 is 0 Å². The van der Waals surface area contributed by atoms with Gasteiger partial charge in [-0.25, -0.2) is 0 Å². The second-order valence-electron chi connectivity index (χ2n) is 6.85. The summed E-state index contributed by atoms with van der Waals surface area (Å²) < 4.78 is 11.1. The van der Waals surface area contributed by atoms with Gasteiger partial charge < -0.3 is 14.1 Å². The SMILES string of the molecule is O=C(c1ccc(-c2cc3nccc(Cl)c3o2)cc1)N1CC2(COC2)C1. The highest BCUT2D eigenvalue weighted by Crippen LogP contribution is 2.38. The molecule has 0 saturated carbocycles. The van der Waals surface area contributed by atoms with Gasteiger partial charge in [-0.3, -0.25) is 9.78 Å². The first-order chi connectivity index (χ1) is 12.1. The molecule has 4 heterocycles. The maximum atomic E-state index is 12.5. The summed E-state index contributed by atoms with van der Waals surface area (Å²) in [6.07, 6.45) is 1.65. The van der Waals surface area contributed by atoms with Crippen molar-refractivity contribution in [3.8, 4) is 11.3 Å². The smallest absolute Gasteiger partial charge is 0.253 e. The minimum absolute atomic E-state index is 0.0680. The van der Waals surface area contributed by atoms with E-state index in [0.717, 1.165) is 37.4 Å². The molecule has 2 aliphatic heterocycles. The molecule has 1 amide bonds. The fraction of sp³-hybridized carbons (Fsp3) is 0.263. The van der Waals surface area contributed by atoms with Gasteiger partial charge in [0.2, 0.25) is 0 Å². The minimum Gasteiger partial charge on any atom is -0.453 e. The number of hydrogen-bond acceptors (Lipinski definition) is 4. The van der Waals surface area contributed by atoms with Crippen LogP contribution in [0.15, 0.2) is 47.0 Å². The number of amides is 1. The first-order valence-corrected chi connectivity index (χ1v) is 8.53. The zero-order valence-corrected chi connectivity index (χ0v) is 14.1. The Kier molecular flexibility index (Phi) is 3.17. The number of carbonyl (C=O) groups is 1. The lowest BCUT2D eigenvalue weighted by Gasteiger charge is -2.54. The van der Waals surface area contributed by atoms with Gasteiger partial charge in [-0.05, 0) is 18.2 Å². The van der Waals surface area contributed by atoms with Gasteiger partial charge in [0.1, 0.15) is 11.3 Å². The molecule has 2 aliphatic rings. The van der Waals surface area contributed by atoms with Crippen molar-refractivity contribution in [3.63, 3.8) is 0 Å². The van der Waals surface area contributed by atoms with Crippen molar-refractivity contribution >= 4 is 28.6 Å².